The maximum atomic E-state index is 12.4. The zero-order valence-electron chi connectivity index (χ0n) is 21.5. The smallest absolute Gasteiger partial charge is 0.234 e. The molecule has 1 amide bonds. The predicted octanol–water partition coefficient (Wildman–Crippen LogP) is 6.01. The highest BCUT2D eigenvalue weighted by Gasteiger charge is 2.39. The number of amides is 1. The van der Waals surface area contributed by atoms with Gasteiger partial charge in [0.1, 0.15) is 0 Å². The Hall–Kier alpha value is -2.96. The predicted molar refractivity (Wildman–Crippen MR) is 146 cm³/mol. The van der Waals surface area contributed by atoms with Gasteiger partial charge in [0.2, 0.25) is 11.9 Å². The van der Waals surface area contributed by atoms with Crippen molar-refractivity contribution in [2.24, 2.45) is 0 Å². The van der Waals surface area contributed by atoms with Crippen LogP contribution >= 0.6 is 11.6 Å². The van der Waals surface area contributed by atoms with Crippen LogP contribution in [0.3, 0.4) is 0 Å². The number of anilines is 3. The van der Waals surface area contributed by atoms with E-state index in [1.165, 1.54) is 24.0 Å². The largest absolute Gasteiger partial charge is 0.325 e. The van der Waals surface area contributed by atoms with E-state index in [1.54, 1.807) is 6.20 Å². The molecular formula is C29H34ClN5O. The molecule has 3 heterocycles. The third-order valence-electron chi connectivity index (χ3n) is 7.73. The van der Waals surface area contributed by atoms with Crippen molar-refractivity contribution in [3.8, 4) is 0 Å². The van der Waals surface area contributed by atoms with Crippen molar-refractivity contribution in [3.63, 3.8) is 0 Å². The number of aromatic nitrogens is 2. The lowest BCUT2D eigenvalue weighted by Gasteiger charge is -2.29. The SMILES string of the molecule is Cc1cc(C2CCN(C)CC2)ccc1Nc1ncc(Cl)c(CCc2cccc3c2C(C)(C)C(=O)N3)n1. The van der Waals surface area contributed by atoms with Crippen LogP contribution in [0.25, 0.3) is 0 Å². The molecule has 36 heavy (non-hydrogen) atoms. The van der Waals surface area contributed by atoms with E-state index in [0.717, 1.165) is 47.7 Å². The molecule has 1 aromatic heterocycles. The van der Waals surface area contributed by atoms with Gasteiger partial charge in [-0.1, -0.05) is 35.9 Å². The van der Waals surface area contributed by atoms with Crippen molar-refractivity contribution in [2.75, 3.05) is 30.8 Å². The van der Waals surface area contributed by atoms with Gasteiger partial charge in [-0.25, -0.2) is 9.97 Å². The first-order chi connectivity index (χ1) is 17.2. The average Bonchev–Trinajstić information content (AvgIpc) is 3.09. The van der Waals surface area contributed by atoms with Crippen LogP contribution in [0.5, 0.6) is 0 Å². The summed E-state index contributed by atoms with van der Waals surface area (Å²) in [6, 6.07) is 12.7. The molecule has 0 saturated carbocycles. The van der Waals surface area contributed by atoms with Crippen molar-refractivity contribution in [2.45, 2.75) is 57.8 Å². The minimum absolute atomic E-state index is 0.0358. The third-order valence-corrected chi connectivity index (χ3v) is 8.04. The molecule has 1 fully saturated rings. The summed E-state index contributed by atoms with van der Waals surface area (Å²) in [5.41, 5.74) is 6.96. The number of halogens is 1. The van der Waals surface area contributed by atoms with Crippen LogP contribution in [-0.2, 0) is 23.1 Å². The van der Waals surface area contributed by atoms with Gasteiger partial charge < -0.3 is 15.5 Å². The summed E-state index contributed by atoms with van der Waals surface area (Å²) in [7, 11) is 2.19. The van der Waals surface area contributed by atoms with Gasteiger partial charge in [0.05, 0.1) is 22.3 Å². The van der Waals surface area contributed by atoms with Gasteiger partial charge in [0.25, 0.3) is 0 Å². The fraction of sp³-hybridized carbons (Fsp3) is 0.414. The zero-order valence-corrected chi connectivity index (χ0v) is 22.2. The topological polar surface area (TPSA) is 70.2 Å². The number of aryl methyl sites for hydroxylation is 3. The summed E-state index contributed by atoms with van der Waals surface area (Å²) in [5, 5.41) is 6.95. The van der Waals surface area contributed by atoms with E-state index in [9.17, 15) is 4.79 Å². The molecule has 0 spiro atoms. The molecule has 0 radical (unpaired) electrons. The van der Waals surface area contributed by atoms with E-state index in [0.29, 0.717) is 23.3 Å². The maximum absolute atomic E-state index is 12.4. The number of piperidine rings is 1. The summed E-state index contributed by atoms with van der Waals surface area (Å²) in [6.07, 6.45) is 5.47. The van der Waals surface area contributed by atoms with E-state index in [4.69, 9.17) is 16.6 Å². The molecule has 0 aliphatic carbocycles. The molecule has 2 aromatic carbocycles. The number of fused-ring (bicyclic) bond motifs is 1. The van der Waals surface area contributed by atoms with Gasteiger partial charge in [-0.2, -0.15) is 0 Å². The fourth-order valence-electron chi connectivity index (χ4n) is 5.48. The van der Waals surface area contributed by atoms with E-state index in [1.807, 2.05) is 26.0 Å². The molecule has 0 unspecified atom stereocenters. The quantitative estimate of drug-likeness (QED) is 0.431. The number of hydrogen-bond donors (Lipinski definition) is 2. The van der Waals surface area contributed by atoms with Gasteiger partial charge in [0, 0.05) is 11.4 Å². The number of nitrogens with one attached hydrogen (secondary N) is 2. The van der Waals surface area contributed by atoms with Crippen molar-refractivity contribution in [3.05, 3.63) is 75.6 Å². The summed E-state index contributed by atoms with van der Waals surface area (Å²) < 4.78 is 0. The monoisotopic (exact) mass is 503 g/mol. The minimum Gasteiger partial charge on any atom is -0.325 e. The number of nitrogens with zero attached hydrogens (tertiary/aromatic N) is 3. The molecule has 2 aliphatic rings. The number of likely N-dealkylation sites (tertiary alicyclic amines) is 1. The van der Waals surface area contributed by atoms with Crippen molar-refractivity contribution >= 4 is 34.8 Å². The van der Waals surface area contributed by atoms with E-state index >= 15 is 0 Å². The number of rotatable bonds is 6. The summed E-state index contributed by atoms with van der Waals surface area (Å²) in [6.45, 7) is 8.38. The van der Waals surface area contributed by atoms with E-state index < -0.39 is 5.41 Å². The molecular weight excluding hydrogens is 470 g/mol. The second-order valence-electron chi connectivity index (χ2n) is 10.7. The zero-order chi connectivity index (χ0) is 25.4. The number of carbonyl (C=O) groups is 1. The maximum Gasteiger partial charge on any atom is 0.234 e. The van der Waals surface area contributed by atoms with Crippen LogP contribution in [0.15, 0.2) is 42.6 Å². The molecule has 3 aromatic rings. The highest BCUT2D eigenvalue weighted by atomic mass is 35.5. The van der Waals surface area contributed by atoms with Crippen LogP contribution in [0, 0.1) is 6.92 Å². The number of benzene rings is 2. The third kappa shape index (κ3) is 4.84. The summed E-state index contributed by atoms with van der Waals surface area (Å²) in [4.78, 5) is 24.0. The van der Waals surface area contributed by atoms with Crippen LogP contribution in [0.4, 0.5) is 17.3 Å². The molecule has 2 aliphatic heterocycles. The molecule has 0 atom stereocenters. The molecule has 7 heteroatoms. The lowest BCUT2D eigenvalue weighted by Crippen LogP contribution is -2.29. The first-order valence-electron chi connectivity index (χ1n) is 12.7. The first-order valence-corrected chi connectivity index (χ1v) is 13.1. The molecule has 5 rings (SSSR count). The van der Waals surface area contributed by atoms with E-state index in [-0.39, 0.29) is 5.91 Å². The van der Waals surface area contributed by atoms with Crippen molar-refractivity contribution < 1.29 is 4.79 Å². The lowest BCUT2D eigenvalue weighted by molar-refractivity contribution is -0.119. The van der Waals surface area contributed by atoms with Crippen LogP contribution in [0.2, 0.25) is 5.02 Å². The highest BCUT2D eigenvalue weighted by molar-refractivity contribution is 6.31. The minimum atomic E-state index is -0.550. The van der Waals surface area contributed by atoms with Crippen molar-refractivity contribution in [1.29, 1.82) is 0 Å². The average molecular weight is 504 g/mol. The Morgan fingerprint density at radius 1 is 1.17 bits per heavy atom. The van der Waals surface area contributed by atoms with Crippen LogP contribution < -0.4 is 10.6 Å². The Labute approximate surface area is 218 Å². The van der Waals surface area contributed by atoms with Gasteiger partial charge >= 0.3 is 0 Å². The Morgan fingerprint density at radius 3 is 2.69 bits per heavy atom. The standard InChI is InChI=1S/C29H34ClN5O/c1-18-16-21(19-12-14-35(4)15-13-19)9-10-23(18)33-28-31-17-22(30)24(34-28)11-8-20-6-5-7-25-26(20)29(2,3)27(36)32-25/h5-7,9-10,16-17,19H,8,11-15H2,1-4H3,(H,32,36)(H,31,33,34). The molecule has 1 saturated heterocycles. The summed E-state index contributed by atoms with van der Waals surface area (Å²) >= 11 is 6.49. The number of hydrogen-bond acceptors (Lipinski definition) is 5. The Morgan fingerprint density at radius 2 is 1.94 bits per heavy atom. The number of carbonyl (C=O) groups excluding carboxylic acids is 1. The first kappa shape index (κ1) is 24.7. The Bertz CT molecular complexity index is 1300. The second-order valence-corrected chi connectivity index (χ2v) is 11.1. The fourth-order valence-corrected chi connectivity index (χ4v) is 5.66. The molecule has 0 bridgehead atoms. The second kappa shape index (κ2) is 9.83. The normalized spacial score (nSPS) is 17.6. The van der Waals surface area contributed by atoms with Gasteiger partial charge in [-0.3, -0.25) is 4.79 Å². The van der Waals surface area contributed by atoms with Gasteiger partial charge in [-0.05, 0) is 107 Å². The van der Waals surface area contributed by atoms with Gasteiger partial charge in [-0.15, -0.1) is 0 Å². The Balaban J connectivity index is 1.30. The molecule has 6 nitrogen and oxygen atoms in total. The van der Waals surface area contributed by atoms with Crippen LogP contribution in [0.1, 0.15) is 60.6 Å². The summed E-state index contributed by atoms with van der Waals surface area (Å²) in [5.74, 6) is 1.20. The van der Waals surface area contributed by atoms with Crippen LogP contribution in [-0.4, -0.2) is 40.9 Å². The lowest BCUT2D eigenvalue weighted by atomic mass is 9.82. The highest BCUT2D eigenvalue weighted by Crippen LogP contribution is 2.40. The Kier molecular flexibility index (Phi) is 6.75. The van der Waals surface area contributed by atoms with Crippen molar-refractivity contribution in [1.82, 2.24) is 14.9 Å². The van der Waals surface area contributed by atoms with E-state index in [2.05, 4.69) is 58.8 Å². The molecule has 2 N–H and O–H groups in total. The molecule has 188 valence electrons. The van der Waals surface area contributed by atoms with Gasteiger partial charge in [0.15, 0.2) is 0 Å².